The van der Waals surface area contributed by atoms with E-state index in [1.807, 2.05) is 18.7 Å². The van der Waals surface area contributed by atoms with E-state index in [-0.39, 0.29) is 6.04 Å². The molecule has 0 saturated carbocycles. The fourth-order valence-electron chi connectivity index (χ4n) is 1.35. The number of aromatic nitrogens is 2. The third kappa shape index (κ3) is 2.81. The Balaban J connectivity index is 2.90. The van der Waals surface area contributed by atoms with Crippen molar-refractivity contribution in [3.63, 3.8) is 0 Å². The van der Waals surface area contributed by atoms with E-state index >= 15 is 0 Å². The van der Waals surface area contributed by atoms with Crippen LogP contribution in [0.15, 0.2) is 12.5 Å². The van der Waals surface area contributed by atoms with Gasteiger partial charge in [-0.1, -0.05) is 0 Å². The summed E-state index contributed by atoms with van der Waals surface area (Å²) in [5.74, 6) is 0.704. The summed E-state index contributed by atoms with van der Waals surface area (Å²) in [5, 5.41) is 8.57. The van der Waals surface area contributed by atoms with Crippen LogP contribution >= 0.6 is 0 Å². The first-order chi connectivity index (χ1) is 7.16. The van der Waals surface area contributed by atoms with Crippen molar-refractivity contribution in [1.82, 2.24) is 9.97 Å². The molecule has 0 unspecified atom stereocenters. The van der Waals surface area contributed by atoms with Gasteiger partial charge in [-0.15, -0.1) is 0 Å². The molecular weight excluding hydrogens is 190 g/mol. The largest absolute Gasteiger partial charge is 0.394 e. The third-order valence-corrected chi connectivity index (χ3v) is 2.08. The van der Waals surface area contributed by atoms with Gasteiger partial charge in [-0.25, -0.2) is 9.97 Å². The van der Waals surface area contributed by atoms with Gasteiger partial charge < -0.3 is 10.6 Å². The van der Waals surface area contributed by atoms with Crippen molar-refractivity contribution in [3.8, 4) is 6.07 Å². The van der Waals surface area contributed by atoms with Crippen LogP contribution < -0.4 is 10.6 Å². The molecule has 0 aliphatic carbocycles. The zero-order valence-corrected chi connectivity index (χ0v) is 9.01. The van der Waals surface area contributed by atoms with E-state index in [0.29, 0.717) is 24.5 Å². The molecule has 0 spiro atoms. The molecule has 1 aromatic heterocycles. The van der Waals surface area contributed by atoms with Gasteiger partial charge in [0.15, 0.2) is 5.82 Å². The van der Waals surface area contributed by atoms with E-state index in [4.69, 9.17) is 11.0 Å². The Morgan fingerprint density at radius 1 is 1.60 bits per heavy atom. The van der Waals surface area contributed by atoms with Crippen LogP contribution in [-0.4, -0.2) is 22.6 Å². The van der Waals surface area contributed by atoms with Crippen molar-refractivity contribution in [1.29, 1.82) is 5.26 Å². The van der Waals surface area contributed by atoms with Crippen LogP contribution in [0.4, 0.5) is 11.5 Å². The Morgan fingerprint density at radius 2 is 2.33 bits per heavy atom. The lowest BCUT2D eigenvalue weighted by atomic mass is 10.2. The van der Waals surface area contributed by atoms with Gasteiger partial charge in [0, 0.05) is 12.6 Å². The van der Waals surface area contributed by atoms with Gasteiger partial charge in [0.05, 0.1) is 24.4 Å². The summed E-state index contributed by atoms with van der Waals surface area (Å²) >= 11 is 0. The van der Waals surface area contributed by atoms with E-state index in [9.17, 15) is 0 Å². The minimum absolute atomic E-state index is 0.260. The highest BCUT2D eigenvalue weighted by Crippen LogP contribution is 2.20. The van der Waals surface area contributed by atoms with E-state index in [1.54, 1.807) is 6.20 Å². The van der Waals surface area contributed by atoms with E-state index < -0.39 is 0 Å². The predicted molar refractivity (Wildman–Crippen MR) is 59.2 cm³/mol. The van der Waals surface area contributed by atoms with Crippen molar-refractivity contribution in [2.24, 2.45) is 0 Å². The molecule has 80 valence electrons. The average Bonchev–Trinajstić information content (AvgIpc) is 2.20. The molecule has 15 heavy (non-hydrogen) atoms. The molecule has 0 radical (unpaired) electrons. The molecule has 5 nitrogen and oxygen atoms in total. The van der Waals surface area contributed by atoms with Crippen LogP contribution in [0.1, 0.15) is 20.3 Å². The second kappa shape index (κ2) is 5.15. The summed E-state index contributed by atoms with van der Waals surface area (Å²) in [6.07, 6.45) is 3.50. The highest BCUT2D eigenvalue weighted by Gasteiger charge is 2.13. The van der Waals surface area contributed by atoms with Crippen molar-refractivity contribution in [3.05, 3.63) is 12.5 Å². The lowest BCUT2D eigenvalue weighted by Crippen LogP contribution is -2.33. The topological polar surface area (TPSA) is 78.8 Å². The summed E-state index contributed by atoms with van der Waals surface area (Å²) in [6.45, 7) is 4.72. The molecule has 0 aliphatic rings. The number of hydrogen-bond acceptors (Lipinski definition) is 5. The molecule has 1 rings (SSSR count). The number of anilines is 2. The fourth-order valence-corrected chi connectivity index (χ4v) is 1.35. The lowest BCUT2D eigenvalue weighted by molar-refractivity contribution is 0.677. The average molecular weight is 205 g/mol. The monoisotopic (exact) mass is 205 g/mol. The molecule has 0 saturated heterocycles. The number of hydrogen-bond donors (Lipinski definition) is 1. The van der Waals surface area contributed by atoms with Gasteiger partial charge in [-0.05, 0) is 13.8 Å². The number of rotatable bonds is 4. The summed E-state index contributed by atoms with van der Waals surface area (Å²) < 4.78 is 0. The Labute approximate surface area is 89.6 Å². The molecule has 0 atom stereocenters. The second-order valence-corrected chi connectivity index (χ2v) is 3.50. The first-order valence-corrected chi connectivity index (χ1v) is 4.86. The molecule has 1 heterocycles. The molecule has 0 amide bonds. The van der Waals surface area contributed by atoms with Crippen molar-refractivity contribution in [2.45, 2.75) is 26.3 Å². The fraction of sp³-hybridized carbons (Fsp3) is 0.500. The van der Waals surface area contributed by atoms with Crippen LogP contribution in [0.5, 0.6) is 0 Å². The van der Waals surface area contributed by atoms with Gasteiger partial charge in [-0.2, -0.15) is 5.26 Å². The molecule has 0 aliphatic heterocycles. The van der Waals surface area contributed by atoms with Crippen LogP contribution in [0.2, 0.25) is 0 Å². The number of nitrogen functional groups attached to an aromatic ring is 1. The van der Waals surface area contributed by atoms with Crippen LogP contribution in [0, 0.1) is 11.3 Å². The first-order valence-electron chi connectivity index (χ1n) is 4.86. The predicted octanol–water partition coefficient (Wildman–Crippen LogP) is 1.19. The smallest absolute Gasteiger partial charge is 0.155 e. The van der Waals surface area contributed by atoms with Crippen LogP contribution in [0.25, 0.3) is 0 Å². The molecule has 5 heteroatoms. The number of nitrogens with two attached hydrogens (primary N) is 1. The van der Waals surface area contributed by atoms with Gasteiger partial charge >= 0.3 is 0 Å². The third-order valence-electron chi connectivity index (χ3n) is 2.08. The van der Waals surface area contributed by atoms with Crippen molar-refractivity contribution in [2.75, 3.05) is 17.2 Å². The van der Waals surface area contributed by atoms with Gasteiger partial charge in [0.25, 0.3) is 0 Å². The maximum absolute atomic E-state index is 8.57. The van der Waals surface area contributed by atoms with Crippen molar-refractivity contribution < 1.29 is 0 Å². The highest BCUT2D eigenvalue weighted by atomic mass is 15.2. The maximum atomic E-state index is 8.57. The van der Waals surface area contributed by atoms with Gasteiger partial charge in [0.2, 0.25) is 0 Å². The zero-order valence-electron chi connectivity index (χ0n) is 9.01. The molecular formula is C10H15N5. The summed E-state index contributed by atoms with van der Waals surface area (Å²) in [7, 11) is 0. The first kappa shape index (κ1) is 11.2. The quantitative estimate of drug-likeness (QED) is 0.798. The summed E-state index contributed by atoms with van der Waals surface area (Å²) in [5.41, 5.74) is 6.33. The Kier molecular flexibility index (Phi) is 3.86. The summed E-state index contributed by atoms with van der Waals surface area (Å²) in [6, 6.07) is 2.38. The molecule has 2 N–H and O–H groups in total. The minimum atomic E-state index is 0.260. The van der Waals surface area contributed by atoms with Gasteiger partial charge in [0.1, 0.15) is 6.33 Å². The number of nitriles is 1. The Morgan fingerprint density at radius 3 is 2.87 bits per heavy atom. The van der Waals surface area contributed by atoms with Crippen LogP contribution in [0.3, 0.4) is 0 Å². The Hall–Kier alpha value is -1.83. The standard InChI is InChI=1S/C10H15N5/c1-8(2)15(5-3-4-11)10-9(12)6-13-7-14-10/h6-8H,3,5,12H2,1-2H3. The Bertz CT molecular complexity index is 355. The zero-order chi connectivity index (χ0) is 11.3. The number of nitrogens with zero attached hydrogens (tertiary/aromatic N) is 4. The lowest BCUT2D eigenvalue weighted by Gasteiger charge is -2.27. The van der Waals surface area contributed by atoms with E-state index in [1.165, 1.54) is 6.33 Å². The van der Waals surface area contributed by atoms with Crippen molar-refractivity contribution >= 4 is 11.5 Å². The minimum Gasteiger partial charge on any atom is -0.394 e. The van der Waals surface area contributed by atoms with E-state index in [0.717, 1.165) is 0 Å². The molecule has 1 aromatic rings. The van der Waals surface area contributed by atoms with E-state index in [2.05, 4.69) is 16.0 Å². The van der Waals surface area contributed by atoms with Crippen LogP contribution in [-0.2, 0) is 0 Å². The highest BCUT2D eigenvalue weighted by molar-refractivity contribution is 5.61. The molecule has 0 aromatic carbocycles. The molecule has 0 bridgehead atoms. The maximum Gasteiger partial charge on any atom is 0.155 e. The normalized spacial score (nSPS) is 10.0. The summed E-state index contributed by atoms with van der Waals surface area (Å²) in [4.78, 5) is 9.97. The molecule has 0 fully saturated rings. The second-order valence-electron chi connectivity index (χ2n) is 3.50. The SMILES string of the molecule is CC(C)N(CCC#N)c1ncncc1N. The van der Waals surface area contributed by atoms with Gasteiger partial charge in [-0.3, -0.25) is 0 Å².